The van der Waals surface area contributed by atoms with Crippen LogP contribution in [0.4, 0.5) is 0 Å². The molecule has 1 aliphatic rings. The Bertz CT molecular complexity index is 661. The molecule has 0 aliphatic carbocycles. The van der Waals surface area contributed by atoms with Crippen molar-refractivity contribution < 1.29 is 17.9 Å². The average Bonchev–Trinajstić information content (AvgIpc) is 2.86. The van der Waals surface area contributed by atoms with E-state index < -0.39 is 14.3 Å². The first-order valence-electron chi connectivity index (χ1n) is 7.24. The fourth-order valence-electron chi connectivity index (χ4n) is 2.70. The number of halogens is 1. The number of likely N-dealkylation sites (N-methyl/N-ethyl adjacent to an activating group) is 1. The van der Waals surface area contributed by atoms with Crippen molar-refractivity contribution >= 4 is 25.6 Å². The number of methoxy groups -OCH3 is 1. The largest absolute Gasteiger partial charge is 0.497 e. The van der Waals surface area contributed by atoms with Crippen LogP contribution in [0, 0.1) is 0 Å². The smallest absolute Gasteiger partial charge is 0.237 e. The van der Waals surface area contributed by atoms with E-state index in [9.17, 15) is 13.2 Å². The van der Waals surface area contributed by atoms with E-state index >= 15 is 0 Å². The second kappa shape index (κ2) is 7.07. The molecular formula is C15H21ClN2O4S. The number of hydrogen-bond donors (Lipinski definition) is 0. The molecule has 128 valence electrons. The molecule has 1 amide bonds. The zero-order chi connectivity index (χ0) is 17.2. The third-order valence-electron chi connectivity index (χ3n) is 4.09. The first-order chi connectivity index (χ1) is 10.7. The molecule has 2 rings (SSSR count). The Kier molecular flexibility index (Phi) is 5.54. The number of benzene rings is 1. The van der Waals surface area contributed by atoms with Gasteiger partial charge in [0.15, 0.2) is 0 Å². The summed E-state index contributed by atoms with van der Waals surface area (Å²) in [6, 6.07) is 7.58. The van der Waals surface area contributed by atoms with Crippen LogP contribution in [0.2, 0.25) is 0 Å². The van der Waals surface area contributed by atoms with Gasteiger partial charge in [-0.2, -0.15) is 0 Å². The Morgan fingerprint density at radius 3 is 2.39 bits per heavy atom. The van der Waals surface area contributed by atoms with Gasteiger partial charge in [0.2, 0.25) is 15.0 Å². The number of ether oxygens (including phenoxy) is 1. The van der Waals surface area contributed by atoms with Gasteiger partial charge in [-0.05, 0) is 31.8 Å². The lowest BCUT2D eigenvalue weighted by Gasteiger charge is -2.29. The molecule has 0 bridgehead atoms. The molecule has 1 fully saturated rings. The number of amides is 1. The minimum absolute atomic E-state index is 0.0402. The molecule has 2 atom stereocenters. The highest BCUT2D eigenvalue weighted by Gasteiger charge is 2.38. The molecule has 0 aromatic heterocycles. The van der Waals surface area contributed by atoms with Crippen molar-refractivity contribution in [2.75, 3.05) is 34.3 Å². The van der Waals surface area contributed by atoms with Gasteiger partial charge >= 0.3 is 0 Å². The summed E-state index contributed by atoms with van der Waals surface area (Å²) in [4.78, 5) is 15.7. The molecule has 1 aliphatic heterocycles. The van der Waals surface area contributed by atoms with Crippen LogP contribution in [0.25, 0.3) is 0 Å². The summed E-state index contributed by atoms with van der Waals surface area (Å²) in [5.41, 5.74) is 1.03. The Morgan fingerprint density at radius 1 is 1.35 bits per heavy atom. The lowest BCUT2D eigenvalue weighted by atomic mass is 10.1. The number of hydrogen-bond acceptors (Lipinski definition) is 5. The van der Waals surface area contributed by atoms with Crippen molar-refractivity contribution in [2.45, 2.75) is 17.7 Å². The van der Waals surface area contributed by atoms with E-state index in [-0.39, 0.29) is 24.9 Å². The third-order valence-corrected chi connectivity index (χ3v) is 5.96. The van der Waals surface area contributed by atoms with Gasteiger partial charge in [-0.1, -0.05) is 12.1 Å². The summed E-state index contributed by atoms with van der Waals surface area (Å²) in [5.74, 6) is 0.580. The molecule has 1 aromatic carbocycles. The fourth-order valence-corrected chi connectivity index (χ4v) is 3.76. The molecule has 0 saturated carbocycles. The Labute approximate surface area is 141 Å². The van der Waals surface area contributed by atoms with Gasteiger partial charge in [0, 0.05) is 30.2 Å². The highest BCUT2D eigenvalue weighted by molar-refractivity contribution is 8.14. The van der Waals surface area contributed by atoms with Crippen molar-refractivity contribution in [1.29, 1.82) is 0 Å². The zero-order valence-electron chi connectivity index (χ0n) is 13.4. The summed E-state index contributed by atoms with van der Waals surface area (Å²) < 4.78 is 28.0. The van der Waals surface area contributed by atoms with E-state index in [4.69, 9.17) is 15.4 Å². The molecule has 2 unspecified atom stereocenters. The monoisotopic (exact) mass is 360 g/mol. The lowest BCUT2D eigenvalue weighted by Crippen LogP contribution is -2.36. The van der Waals surface area contributed by atoms with E-state index in [0.717, 1.165) is 11.3 Å². The third kappa shape index (κ3) is 4.37. The van der Waals surface area contributed by atoms with Gasteiger partial charge in [0.25, 0.3) is 0 Å². The molecule has 0 N–H and O–H groups in total. The molecule has 1 saturated heterocycles. The van der Waals surface area contributed by atoms with Crippen molar-refractivity contribution in [2.24, 2.45) is 0 Å². The summed E-state index contributed by atoms with van der Waals surface area (Å²) in [6.07, 6.45) is -0.0470. The number of likely N-dealkylation sites (tertiary alicyclic amines) is 1. The summed E-state index contributed by atoms with van der Waals surface area (Å²) in [7, 11) is 7.12. The summed E-state index contributed by atoms with van der Waals surface area (Å²) in [5, 5.41) is -0.824. The van der Waals surface area contributed by atoms with Gasteiger partial charge in [-0.15, -0.1) is 0 Å². The van der Waals surface area contributed by atoms with Crippen LogP contribution in [0.15, 0.2) is 24.3 Å². The van der Waals surface area contributed by atoms with Crippen LogP contribution in [-0.4, -0.2) is 63.7 Å². The van der Waals surface area contributed by atoms with Crippen LogP contribution in [0.3, 0.4) is 0 Å². The number of rotatable bonds is 6. The lowest BCUT2D eigenvalue weighted by molar-refractivity contribution is -0.128. The Balaban J connectivity index is 2.15. The molecule has 1 aromatic rings. The zero-order valence-corrected chi connectivity index (χ0v) is 15.0. The van der Waals surface area contributed by atoms with E-state index in [1.807, 2.05) is 43.3 Å². The molecule has 1 heterocycles. The molecule has 0 spiro atoms. The normalized spacial score (nSPS) is 20.1. The maximum absolute atomic E-state index is 12.1. The van der Waals surface area contributed by atoms with E-state index in [1.54, 1.807) is 12.0 Å². The van der Waals surface area contributed by atoms with Crippen LogP contribution < -0.4 is 4.74 Å². The number of carbonyl (C=O) groups is 1. The highest BCUT2D eigenvalue weighted by Crippen LogP contribution is 2.27. The molecule has 0 radical (unpaired) electrons. The Hall–Kier alpha value is -1.31. The van der Waals surface area contributed by atoms with Gasteiger partial charge in [-0.3, -0.25) is 4.79 Å². The minimum atomic E-state index is -3.72. The summed E-state index contributed by atoms with van der Waals surface area (Å²) in [6.45, 7) is 0.562. The summed E-state index contributed by atoms with van der Waals surface area (Å²) >= 11 is 0. The SMILES string of the molecule is COc1ccc(C(CN2CC(S(=O)(=O)Cl)CC2=O)N(C)C)cc1. The molecular weight excluding hydrogens is 340 g/mol. The predicted octanol–water partition coefficient (Wildman–Crippen LogP) is 1.47. The highest BCUT2D eigenvalue weighted by atomic mass is 35.7. The maximum atomic E-state index is 12.1. The fraction of sp³-hybridized carbons (Fsp3) is 0.533. The first kappa shape index (κ1) is 18.0. The van der Waals surface area contributed by atoms with E-state index in [0.29, 0.717) is 6.54 Å². The van der Waals surface area contributed by atoms with E-state index in [2.05, 4.69) is 0 Å². The maximum Gasteiger partial charge on any atom is 0.237 e. The van der Waals surface area contributed by atoms with Gasteiger partial charge in [0.1, 0.15) is 11.0 Å². The quantitative estimate of drug-likeness (QED) is 0.719. The molecule has 8 heteroatoms. The Morgan fingerprint density at radius 2 is 1.96 bits per heavy atom. The van der Waals surface area contributed by atoms with Crippen LogP contribution in [-0.2, 0) is 13.8 Å². The van der Waals surface area contributed by atoms with Crippen LogP contribution >= 0.6 is 10.7 Å². The standard InChI is InChI=1S/C15H21ClN2O4S/c1-17(2)14(11-4-6-12(22-3)7-5-11)10-18-9-13(8-15(18)19)23(16,20)21/h4-7,13-14H,8-10H2,1-3H3. The van der Waals surface area contributed by atoms with Crippen molar-refractivity contribution in [3.05, 3.63) is 29.8 Å². The number of carbonyl (C=O) groups excluding carboxylic acids is 1. The second-order valence-corrected chi connectivity index (χ2v) is 8.76. The topological polar surface area (TPSA) is 66.9 Å². The van der Waals surface area contributed by atoms with Crippen molar-refractivity contribution in [1.82, 2.24) is 9.80 Å². The van der Waals surface area contributed by atoms with Gasteiger partial charge < -0.3 is 14.5 Å². The van der Waals surface area contributed by atoms with Gasteiger partial charge in [-0.25, -0.2) is 8.42 Å². The molecule has 23 heavy (non-hydrogen) atoms. The van der Waals surface area contributed by atoms with Crippen LogP contribution in [0.5, 0.6) is 5.75 Å². The van der Waals surface area contributed by atoms with E-state index in [1.165, 1.54) is 0 Å². The first-order valence-corrected chi connectivity index (χ1v) is 9.61. The minimum Gasteiger partial charge on any atom is -0.497 e. The van der Waals surface area contributed by atoms with Crippen molar-refractivity contribution in [3.8, 4) is 5.75 Å². The van der Waals surface area contributed by atoms with Crippen molar-refractivity contribution in [3.63, 3.8) is 0 Å². The second-order valence-electron chi connectivity index (χ2n) is 5.85. The van der Waals surface area contributed by atoms with Crippen LogP contribution in [0.1, 0.15) is 18.0 Å². The van der Waals surface area contributed by atoms with Gasteiger partial charge in [0.05, 0.1) is 13.2 Å². The number of nitrogens with zero attached hydrogens (tertiary/aromatic N) is 2. The predicted molar refractivity (Wildman–Crippen MR) is 89.2 cm³/mol. The molecule has 6 nitrogen and oxygen atoms in total. The average molecular weight is 361 g/mol.